The molecule has 1 N–H and O–H groups in total. The van der Waals surface area contributed by atoms with Gasteiger partial charge in [-0.1, -0.05) is 13.8 Å². The molecule has 1 heterocycles. The Morgan fingerprint density at radius 1 is 1.39 bits per heavy atom. The van der Waals surface area contributed by atoms with Gasteiger partial charge in [-0.05, 0) is 33.4 Å². The van der Waals surface area contributed by atoms with Crippen LogP contribution in [0.15, 0.2) is 12.4 Å². The van der Waals surface area contributed by atoms with Crippen LogP contribution in [0.25, 0.3) is 0 Å². The quantitative estimate of drug-likeness (QED) is 0.806. The SMILES string of the molecule is CCC(CC)(C(O)CCc1nccn1C)N(C)C. The predicted molar refractivity (Wildman–Crippen MR) is 74.5 cm³/mol. The number of aliphatic hydroxyl groups excluding tert-OH is 1. The second-order valence-corrected chi connectivity index (χ2v) is 5.21. The van der Waals surface area contributed by atoms with Gasteiger partial charge in [0.15, 0.2) is 0 Å². The molecule has 0 aromatic carbocycles. The van der Waals surface area contributed by atoms with Gasteiger partial charge in [0, 0.05) is 31.4 Å². The lowest BCUT2D eigenvalue weighted by Crippen LogP contribution is -2.53. The van der Waals surface area contributed by atoms with Crippen LogP contribution in [0.5, 0.6) is 0 Å². The molecular weight excluding hydrogens is 226 g/mol. The van der Waals surface area contributed by atoms with Crippen molar-refractivity contribution in [2.75, 3.05) is 14.1 Å². The van der Waals surface area contributed by atoms with Crippen molar-refractivity contribution in [2.24, 2.45) is 7.05 Å². The fourth-order valence-electron chi connectivity index (χ4n) is 2.82. The van der Waals surface area contributed by atoms with Crippen molar-refractivity contribution in [3.05, 3.63) is 18.2 Å². The summed E-state index contributed by atoms with van der Waals surface area (Å²) in [5, 5.41) is 10.5. The van der Waals surface area contributed by atoms with Crippen LogP contribution in [-0.2, 0) is 13.5 Å². The van der Waals surface area contributed by atoms with Crippen molar-refractivity contribution in [3.8, 4) is 0 Å². The number of aryl methyl sites for hydroxylation is 2. The monoisotopic (exact) mass is 253 g/mol. The van der Waals surface area contributed by atoms with E-state index in [9.17, 15) is 5.11 Å². The van der Waals surface area contributed by atoms with Crippen LogP contribution < -0.4 is 0 Å². The Hall–Kier alpha value is -0.870. The van der Waals surface area contributed by atoms with Crippen LogP contribution in [0.4, 0.5) is 0 Å². The van der Waals surface area contributed by atoms with E-state index in [1.54, 1.807) is 6.20 Å². The number of hydrogen-bond donors (Lipinski definition) is 1. The molecule has 0 radical (unpaired) electrons. The third-order valence-corrected chi connectivity index (χ3v) is 4.30. The Labute approximate surface area is 111 Å². The molecule has 0 bridgehead atoms. The predicted octanol–water partition coefficient (Wildman–Crippen LogP) is 1.83. The minimum absolute atomic E-state index is 0.120. The largest absolute Gasteiger partial charge is 0.391 e. The molecule has 1 atom stereocenters. The molecule has 0 fully saturated rings. The summed E-state index contributed by atoms with van der Waals surface area (Å²) >= 11 is 0. The van der Waals surface area contributed by atoms with Gasteiger partial charge in [0.1, 0.15) is 5.82 Å². The average molecular weight is 253 g/mol. The number of hydrogen-bond acceptors (Lipinski definition) is 3. The van der Waals surface area contributed by atoms with Crippen molar-refractivity contribution in [3.63, 3.8) is 0 Å². The van der Waals surface area contributed by atoms with E-state index in [4.69, 9.17) is 0 Å². The first-order chi connectivity index (χ1) is 8.47. The lowest BCUT2D eigenvalue weighted by molar-refractivity contribution is -0.0176. The van der Waals surface area contributed by atoms with Crippen LogP contribution in [0, 0.1) is 0 Å². The normalized spacial score (nSPS) is 14.2. The number of aliphatic hydroxyl groups is 1. The zero-order valence-corrected chi connectivity index (χ0v) is 12.3. The average Bonchev–Trinajstić information content (AvgIpc) is 2.74. The molecular formula is C14H27N3O. The maximum atomic E-state index is 10.5. The Bertz CT molecular complexity index is 356. The van der Waals surface area contributed by atoms with Crippen molar-refractivity contribution >= 4 is 0 Å². The van der Waals surface area contributed by atoms with Crippen molar-refractivity contribution in [1.82, 2.24) is 14.5 Å². The Kier molecular flexibility index (Phi) is 5.35. The molecule has 0 aliphatic heterocycles. The summed E-state index contributed by atoms with van der Waals surface area (Å²) in [6.45, 7) is 4.29. The number of nitrogens with zero attached hydrogens (tertiary/aromatic N) is 3. The van der Waals surface area contributed by atoms with Gasteiger partial charge in [0.25, 0.3) is 0 Å². The Morgan fingerprint density at radius 2 is 2.00 bits per heavy atom. The summed E-state index contributed by atoms with van der Waals surface area (Å²) in [5.41, 5.74) is -0.120. The van der Waals surface area contributed by atoms with E-state index in [0.29, 0.717) is 0 Å². The van der Waals surface area contributed by atoms with Gasteiger partial charge in [-0.2, -0.15) is 0 Å². The molecule has 0 aliphatic carbocycles. The van der Waals surface area contributed by atoms with E-state index in [0.717, 1.165) is 31.5 Å². The number of imidazole rings is 1. The summed E-state index contributed by atoms with van der Waals surface area (Å²) < 4.78 is 2.02. The Balaban J connectivity index is 2.68. The topological polar surface area (TPSA) is 41.3 Å². The van der Waals surface area contributed by atoms with E-state index in [-0.39, 0.29) is 11.6 Å². The lowest BCUT2D eigenvalue weighted by atomic mass is 9.83. The summed E-state index contributed by atoms with van der Waals surface area (Å²) in [5.74, 6) is 1.04. The highest BCUT2D eigenvalue weighted by atomic mass is 16.3. The molecule has 1 unspecified atom stereocenters. The van der Waals surface area contributed by atoms with Crippen molar-refractivity contribution < 1.29 is 5.11 Å². The maximum Gasteiger partial charge on any atom is 0.108 e. The highest BCUT2D eigenvalue weighted by Crippen LogP contribution is 2.28. The summed E-state index contributed by atoms with van der Waals surface area (Å²) in [6.07, 6.45) is 6.92. The third-order valence-electron chi connectivity index (χ3n) is 4.30. The van der Waals surface area contributed by atoms with Crippen molar-refractivity contribution in [2.45, 2.75) is 51.2 Å². The lowest BCUT2D eigenvalue weighted by Gasteiger charge is -2.42. The summed E-state index contributed by atoms with van der Waals surface area (Å²) in [6, 6.07) is 0. The summed E-state index contributed by atoms with van der Waals surface area (Å²) in [4.78, 5) is 6.47. The van der Waals surface area contributed by atoms with Gasteiger partial charge in [-0.15, -0.1) is 0 Å². The standard InChI is InChI=1S/C14H27N3O/c1-6-14(7-2,16(3)4)12(18)8-9-13-15-10-11-17(13)5/h10-12,18H,6-9H2,1-5H3. The minimum atomic E-state index is -0.320. The second-order valence-electron chi connectivity index (χ2n) is 5.21. The molecule has 1 rings (SSSR count). The zero-order chi connectivity index (χ0) is 13.8. The molecule has 0 saturated carbocycles. The first kappa shape index (κ1) is 15.2. The number of likely N-dealkylation sites (N-methyl/N-ethyl adjacent to an activating group) is 1. The van der Waals surface area contributed by atoms with Gasteiger partial charge in [-0.3, -0.25) is 0 Å². The fraction of sp³-hybridized carbons (Fsp3) is 0.786. The highest BCUT2D eigenvalue weighted by molar-refractivity contribution is 4.97. The van der Waals surface area contributed by atoms with Crippen molar-refractivity contribution in [1.29, 1.82) is 0 Å². The van der Waals surface area contributed by atoms with E-state index in [2.05, 4.69) is 37.8 Å². The molecule has 0 aliphatic rings. The summed E-state index contributed by atoms with van der Waals surface area (Å²) in [7, 11) is 6.10. The first-order valence-corrected chi connectivity index (χ1v) is 6.79. The van der Waals surface area contributed by atoms with Crippen LogP contribution in [0.2, 0.25) is 0 Å². The molecule has 1 aromatic rings. The zero-order valence-electron chi connectivity index (χ0n) is 12.3. The number of rotatable bonds is 7. The van der Waals surface area contributed by atoms with E-state index >= 15 is 0 Å². The fourth-order valence-corrected chi connectivity index (χ4v) is 2.82. The molecule has 104 valence electrons. The third kappa shape index (κ3) is 2.93. The van der Waals surface area contributed by atoms with Crippen LogP contribution in [0.1, 0.15) is 38.9 Å². The van der Waals surface area contributed by atoms with Gasteiger partial charge < -0.3 is 14.6 Å². The first-order valence-electron chi connectivity index (χ1n) is 6.79. The smallest absolute Gasteiger partial charge is 0.108 e. The molecule has 18 heavy (non-hydrogen) atoms. The van der Waals surface area contributed by atoms with E-state index < -0.39 is 0 Å². The highest BCUT2D eigenvalue weighted by Gasteiger charge is 2.36. The van der Waals surface area contributed by atoms with E-state index in [1.165, 1.54) is 0 Å². The molecule has 0 spiro atoms. The van der Waals surface area contributed by atoms with Crippen LogP contribution in [-0.4, -0.2) is 45.3 Å². The molecule has 0 amide bonds. The van der Waals surface area contributed by atoms with Gasteiger partial charge in [-0.25, -0.2) is 4.98 Å². The second kappa shape index (κ2) is 6.34. The number of aromatic nitrogens is 2. The van der Waals surface area contributed by atoms with Crippen LogP contribution in [0.3, 0.4) is 0 Å². The molecule has 0 saturated heterocycles. The van der Waals surface area contributed by atoms with Gasteiger partial charge in [0.05, 0.1) is 6.10 Å². The Morgan fingerprint density at radius 3 is 2.39 bits per heavy atom. The molecule has 4 heteroatoms. The van der Waals surface area contributed by atoms with E-state index in [1.807, 2.05) is 17.8 Å². The maximum absolute atomic E-state index is 10.5. The molecule has 4 nitrogen and oxygen atoms in total. The van der Waals surface area contributed by atoms with Gasteiger partial charge >= 0.3 is 0 Å². The molecule has 1 aromatic heterocycles. The van der Waals surface area contributed by atoms with Gasteiger partial charge in [0.2, 0.25) is 0 Å². The van der Waals surface area contributed by atoms with Crippen LogP contribution >= 0.6 is 0 Å². The minimum Gasteiger partial charge on any atom is -0.391 e.